The van der Waals surface area contributed by atoms with Crippen molar-refractivity contribution in [3.05, 3.63) is 42.0 Å². The lowest BCUT2D eigenvalue weighted by Crippen LogP contribution is -1.94. The Morgan fingerprint density at radius 2 is 2.00 bits per heavy atom. The first kappa shape index (κ1) is 9.51. The van der Waals surface area contributed by atoms with Gasteiger partial charge in [0.15, 0.2) is 5.78 Å². The Morgan fingerprint density at radius 1 is 1.33 bits per heavy atom. The van der Waals surface area contributed by atoms with Gasteiger partial charge in [-0.25, -0.2) is 9.07 Å². The van der Waals surface area contributed by atoms with Crippen molar-refractivity contribution in [3.8, 4) is 5.69 Å². The summed E-state index contributed by atoms with van der Waals surface area (Å²) in [6.45, 7) is 1.42. The SMILES string of the molecule is CC(=O)c1cn(-c2ccc(F)cc2)nn1. The molecule has 0 atom stereocenters. The van der Waals surface area contributed by atoms with Gasteiger partial charge in [-0.05, 0) is 24.3 Å². The Kier molecular flexibility index (Phi) is 2.29. The van der Waals surface area contributed by atoms with Crippen molar-refractivity contribution in [2.24, 2.45) is 0 Å². The van der Waals surface area contributed by atoms with Crippen LogP contribution in [0.15, 0.2) is 30.5 Å². The largest absolute Gasteiger partial charge is 0.293 e. The molecule has 0 spiro atoms. The van der Waals surface area contributed by atoms with Crippen molar-refractivity contribution in [1.29, 1.82) is 0 Å². The topological polar surface area (TPSA) is 47.8 Å². The molecule has 0 saturated heterocycles. The van der Waals surface area contributed by atoms with Crippen molar-refractivity contribution in [2.45, 2.75) is 6.92 Å². The number of halogens is 1. The lowest BCUT2D eigenvalue weighted by atomic mass is 10.3. The Balaban J connectivity index is 2.37. The van der Waals surface area contributed by atoms with E-state index in [1.54, 1.807) is 12.1 Å². The molecule has 0 unspecified atom stereocenters. The maximum absolute atomic E-state index is 12.6. The van der Waals surface area contributed by atoms with E-state index in [-0.39, 0.29) is 11.6 Å². The highest BCUT2D eigenvalue weighted by atomic mass is 19.1. The summed E-state index contributed by atoms with van der Waals surface area (Å²) in [4.78, 5) is 11.0. The van der Waals surface area contributed by atoms with Crippen LogP contribution in [-0.2, 0) is 0 Å². The van der Waals surface area contributed by atoms with Crippen molar-refractivity contribution in [2.75, 3.05) is 0 Å². The number of rotatable bonds is 2. The molecule has 5 heteroatoms. The van der Waals surface area contributed by atoms with Crippen LogP contribution in [0.3, 0.4) is 0 Å². The zero-order valence-electron chi connectivity index (χ0n) is 8.01. The predicted octanol–water partition coefficient (Wildman–Crippen LogP) is 1.61. The smallest absolute Gasteiger partial charge is 0.181 e. The normalized spacial score (nSPS) is 10.3. The summed E-state index contributed by atoms with van der Waals surface area (Å²) in [6.07, 6.45) is 1.51. The monoisotopic (exact) mass is 205 g/mol. The minimum absolute atomic E-state index is 0.150. The van der Waals surface area contributed by atoms with Gasteiger partial charge in [0, 0.05) is 6.92 Å². The third kappa shape index (κ3) is 1.90. The molecule has 0 aliphatic heterocycles. The first-order valence-corrected chi connectivity index (χ1v) is 4.36. The van der Waals surface area contributed by atoms with Gasteiger partial charge >= 0.3 is 0 Å². The van der Waals surface area contributed by atoms with Crippen molar-refractivity contribution in [1.82, 2.24) is 15.0 Å². The summed E-state index contributed by atoms with van der Waals surface area (Å²) >= 11 is 0. The maximum atomic E-state index is 12.6. The molecule has 0 aliphatic carbocycles. The number of Topliss-reactive ketones (excluding diaryl/α,β-unsaturated/α-hetero) is 1. The molecule has 0 bridgehead atoms. The van der Waals surface area contributed by atoms with Gasteiger partial charge in [0.05, 0.1) is 11.9 Å². The van der Waals surface area contributed by atoms with Gasteiger partial charge in [0.25, 0.3) is 0 Å². The number of carbonyl (C=O) groups is 1. The summed E-state index contributed by atoms with van der Waals surface area (Å²) in [5.41, 5.74) is 0.954. The summed E-state index contributed by atoms with van der Waals surface area (Å²) in [6, 6.07) is 5.77. The minimum atomic E-state index is -0.314. The van der Waals surface area contributed by atoms with Gasteiger partial charge in [-0.1, -0.05) is 5.21 Å². The summed E-state index contributed by atoms with van der Waals surface area (Å²) in [5.74, 6) is -0.464. The molecular weight excluding hydrogens is 197 g/mol. The Labute approximate surface area is 85.3 Å². The van der Waals surface area contributed by atoms with Crippen LogP contribution in [0.1, 0.15) is 17.4 Å². The molecule has 1 aromatic carbocycles. The molecule has 0 aliphatic rings. The van der Waals surface area contributed by atoms with Gasteiger partial charge in [-0.3, -0.25) is 4.79 Å². The van der Waals surface area contributed by atoms with E-state index < -0.39 is 0 Å². The summed E-state index contributed by atoms with van der Waals surface area (Å²) in [5, 5.41) is 7.44. The fraction of sp³-hybridized carbons (Fsp3) is 0.100. The number of aromatic nitrogens is 3. The summed E-state index contributed by atoms with van der Waals surface area (Å²) < 4.78 is 14.1. The molecule has 0 N–H and O–H groups in total. The van der Waals surface area contributed by atoms with Crippen molar-refractivity contribution < 1.29 is 9.18 Å². The van der Waals surface area contributed by atoms with Gasteiger partial charge in [-0.15, -0.1) is 5.10 Å². The van der Waals surface area contributed by atoms with Crippen LogP contribution in [0.5, 0.6) is 0 Å². The van der Waals surface area contributed by atoms with Crippen LogP contribution in [0.4, 0.5) is 4.39 Å². The van der Waals surface area contributed by atoms with E-state index in [9.17, 15) is 9.18 Å². The van der Waals surface area contributed by atoms with Gasteiger partial charge in [-0.2, -0.15) is 0 Å². The standard InChI is InChI=1S/C10H8FN3O/c1-7(15)10-6-14(13-12-10)9-4-2-8(11)3-5-9/h2-6H,1H3. The molecule has 76 valence electrons. The highest BCUT2D eigenvalue weighted by Crippen LogP contribution is 2.08. The van der Waals surface area contributed by atoms with Crippen LogP contribution in [0, 0.1) is 5.82 Å². The number of hydrogen-bond acceptors (Lipinski definition) is 3. The highest BCUT2D eigenvalue weighted by Gasteiger charge is 2.06. The molecular formula is C10H8FN3O. The molecule has 2 aromatic rings. The van der Waals surface area contributed by atoms with E-state index in [2.05, 4.69) is 10.3 Å². The number of carbonyl (C=O) groups excluding carboxylic acids is 1. The lowest BCUT2D eigenvalue weighted by molar-refractivity contribution is 0.101. The Hall–Kier alpha value is -2.04. The van der Waals surface area contributed by atoms with Gasteiger partial charge in [0.2, 0.25) is 0 Å². The first-order chi connectivity index (χ1) is 7.16. The fourth-order valence-corrected chi connectivity index (χ4v) is 1.15. The van der Waals surface area contributed by atoms with Crippen LogP contribution in [0.25, 0.3) is 5.69 Å². The highest BCUT2D eigenvalue weighted by molar-refractivity contribution is 5.91. The average molecular weight is 205 g/mol. The van der Waals surface area contributed by atoms with Gasteiger partial charge in [0.1, 0.15) is 11.5 Å². The molecule has 0 saturated carbocycles. The second-order valence-corrected chi connectivity index (χ2v) is 3.08. The number of hydrogen-bond donors (Lipinski definition) is 0. The molecule has 0 amide bonds. The lowest BCUT2D eigenvalue weighted by Gasteiger charge is -1.97. The number of benzene rings is 1. The van der Waals surface area contributed by atoms with Crippen molar-refractivity contribution in [3.63, 3.8) is 0 Å². The van der Waals surface area contributed by atoms with E-state index >= 15 is 0 Å². The average Bonchev–Trinajstić information content (AvgIpc) is 2.68. The third-order valence-electron chi connectivity index (χ3n) is 1.95. The molecule has 2 rings (SSSR count). The minimum Gasteiger partial charge on any atom is -0.293 e. The van der Waals surface area contributed by atoms with E-state index in [0.717, 1.165) is 0 Å². The Bertz CT molecular complexity index is 490. The molecule has 15 heavy (non-hydrogen) atoms. The van der Waals surface area contributed by atoms with E-state index in [1.807, 2.05) is 0 Å². The van der Waals surface area contributed by atoms with E-state index in [4.69, 9.17) is 0 Å². The molecule has 0 fully saturated rings. The zero-order chi connectivity index (χ0) is 10.8. The number of nitrogens with zero attached hydrogens (tertiary/aromatic N) is 3. The van der Waals surface area contributed by atoms with Crippen LogP contribution >= 0.6 is 0 Å². The quantitative estimate of drug-likeness (QED) is 0.700. The predicted molar refractivity (Wildman–Crippen MR) is 51.3 cm³/mol. The summed E-state index contributed by atoms with van der Waals surface area (Å²) in [7, 11) is 0. The third-order valence-corrected chi connectivity index (χ3v) is 1.95. The first-order valence-electron chi connectivity index (χ1n) is 4.36. The second-order valence-electron chi connectivity index (χ2n) is 3.08. The van der Waals surface area contributed by atoms with Gasteiger partial charge < -0.3 is 0 Å². The van der Waals surface area contributed by atoms with Crippen LogP contribution < -0.4 is 0 Å². The zero-order valence-corrected chi connectivity index (χ0v) is 8.01. The molecule has 1 heterocycles. The maximum Gasteiger partial charge on any atom is 0.181 e. The molecule has 1 aromatic heterocycles. The Morgan fingerprint density at radius 3 is 2.53 bits per heavy atom. The van der Waals surface area contributed by atoms with E-state index in [1.165, 1.54) is 29.9 Å². The number of ketones is 1. The molecule has 0 radical (unpaired) electrons. The van der Waals surface area contributed by atoms with Crippen LogP contribution in [0.2, 0.25) is 0 Å². The molecule has 4 nitrogen and oxygen atoms in total. The van der Waals surface area contributed by atoms with E-state index in [0.29, 0.717) is 11.4 Å². The fourth-order valence-electron chi connectivity index (χ4n) is 1.15. The van der Waals surface area contributed by atoms with Crippen molar-refractivity contribution >= 4 is 5.78 Å². The van der Waals surface area contributed by atoms with Crippen LogP contribution in [-0.4, -0.2) is 20.8 Å². The second kappa shape index (κ2) is 3.61.